The van der Waals surface area contributed by atoms with Crippen molar-refractivity contribution in [1.29, 1.82) is 0 Å². The van der Waals surface area contributed by atoms with Crippen molar-refractivity contribution in [2.24, 2.45) is 11.8 Å². The first-order valence-electron chi connectivity index (χ1n) is 10.8. The minimum Gasteiger partial charge on any atom is -0.427 e. The second-order valence-electron chi connectivity index (χ2n) is 8.74. The molecule has 2 amide bonds. The van der Waals surface area contributed by atoms with Gasteiger partial charge in [-0.3, -0.25) is 14.4 Å². The summed E-state index contributed by atoms with van der Waals surface area (Å²) in [7, 11) is 0. The number of carbonyl (C=O) groups excluding carboxylic acids is 4. The molecule has 6 heteroatoms. The molecule has 1 fully saturated rings. The van der Waals surface area contributed by atoms with Crippen LogP contribution in [0.5, 0.6) is 5.75 Å². The number of esters is 1. The van der Waals surface area contributed by atoms with Gasteiger partial charge in [-0.15, -0.1) is 0 Å². The van der Waals surface area contributed by atoms with Crippen LogP contribution in [-0.2, 0) is 24.6 Å². The van der Waals surface area contributed by atoms with Crippen molar-refractivity contribution >= 4 is 29.8 Å². The molecule has 3 aromatic carbocycles. The van der Waals surface area contributed by atoms with E-state index in [1.54, 1.807) is 24.3 Å². The van der Waals surface area contributed by atoms with E-state index in [2.05, 4.69) is 0 Å². The van der Waals surface area contributed by atoms with Gasteiger partial charge in [0.1, 0.15) is 12.0 Å². The van der Waals surface area contributed by atoms with E-state index in [9.17, 15) is 19.2 Å². The average molecular weight is 437 g/mol. The molecule has 3 aliphatic carbocycles. The third-order valence-corrected chi connectivity index (χ3v) is 7.23. The Morgan fingerprint density at radius 2 is 1.45 bits per heavy atom. The molecule has 1 saturated heterocycles. The Morgan fingerprint density at radius 1 is 0.879 bits per heavy atom. The predicted octanol–water partition coefficient (Wildman–Crippen LogP) is 3.36. The summed E-state index contributed by atoms with van der Waals surface area (Å²) in [5.41, 5.74) is 2.64. The predicted molar refractivity (Wildman–Crippen MR) is 119 cm³/mol. The number of ether oxygens (including phenoxy) is 1. The van der Waals surface area contributed by atoms with Gasteiger partial charge in [-0.05, 0) is 46.5 Å². The first kappa shape index (κ1) is 19.6. The summed E-state index contributed by atoms with van der Waals surface area (Å²) in [4.78, 5) is 53.0. The second-order valence-corrected chi connectivity index (χ2v) is 8.74. The molecule has 7 rings (SSSR count). The first-order chi connectivity index (χ1) is 16.0. The lowest BCUT2D eigenvalue weighted by atomic mass is 9.48. The average Bonchev–Trinajstić information content (AvgIpc) is 3.10. The van der Waals surface area contributed by atoms with Gasteiger partial charge in [0.15, 0.2) is 0 Å². The Morgan fingerprint density at radius 3 is 2.00 bits per heavy atom. The van der Waals surface area contributed by atoms with Crippen molar-refractivity contribution in [3.8, 4) is 5.75 Å². The number of anilines is 1. The number of amides is 2. The van der Waals surface area contributed by atoms with Crippen LogP contribution in [0.25, 0.3) is 0 Å². The van der Waals surface area contributed by atoms with Crippen LogP contribution in [0.3, 0.4) is 0 Å². The van der Waals surface area contributed by atoms with E-state index < -0.39 is 23.2 Å². The van der Waals surface area contributed by atoms with Crippen LogP contribution in [0.1, 0.15) is 35.1 Å². The molecular weight excluding hydrogens is 418 g/mol. The molecular formula is C27H19NO5. The van der Waals surface area contributed by atoms with Crippen molar-refractivity contribution < 1.29 is 23.9 Å². The SMILES string of the molecule is CC(=O)Oc1ccc(N2C(=O)[C@@H]3[C@@H](C2=O)C2c4ccccc4C3(C=O)c3ccccc32)cc1. The van der Waals surface area contributed by atoms with Crippen molar-refractivity contribution in [2.75, 3.05) is 4.90 Å². The van der Waals surface area contributed by atoms with Crippen molar-refractivity contribution in [3.05, 3.63) is 95.1 Å². The van der Waals surface area contributed by atoms with Crippen LogP contribution in [-0.4, -0.2) is 24.1 Å². The molecule has 162 valence electrons. The lowest BCUT2D eigenvalue weighted by molar-refractivity contribution is -0.132. The highest BCUT2D eigenvalue weighted by Crippen LogP contribution is 2.63. The van der Waals surface area contributed by atoms with Gasteiger partial charge in [0, 0.05) is 12.8 Å². The van der Waals surface area contributed by atoms with Crippen LogP contribution in [0.2, 0.25) is 0 Å². The maximum Gasteiger partial charge on any atom is 0.308 e. The molecule has 0 radical (unpaired) electrons. The fourth-order valence-corrected chi connectivity index (χ4v) is 6.11. The zero-order valence-corrected chi connectivity index (χ0v) is 17.7. The third kappa shape index (κ3) is 2.38. The maximum absolute atomic E-state index is 13.8. The summed E-state index contributed by atoms with van der Waals surface area (Å²) in [5.74, 6) is -2.61. The molecule has 1 heterocycles. The highest BCUT2D eigenvalue weighted by molar-refractivity contribution is 6.24. The Balaban J connectivity index is 1.53. The summed E-state index contributed by atoms with van der Waals surface area (Å²) in [6, 6.07) is 21.5. The van der Waals surface area contributed by atoms with Crippen molar-refractivity contribution in [2.45, 2.75) is 18.3 Å². The van der Waals surface area contributed by atoms with Gasteiger partial charge in [-0.2, -0.15) is 0 Å². The largest absolute Gasteiger partial charge is 0.427 e. The number of hydrogen-bond acceptors (Lipinski definition) is 5. The van der Waals surface area contributed by atoms with E-state index in [4.69, 9.17) is 4.74 Å². The fraction of sp³-hybridized carbons (Fsp3) is 0.185. The van der Waals surface area contributed by atoms with E-state index in [1.165, 1.54) is 11.8 Å². The van der Waals surface area contributed by atoms with Crippen LogP contribution < -0.4 is 9.64 Å². The van der Waals surface area contributed by atoms with Gasteiger partial charge >= 0.3 is 5.97 Å². The third-order valence-electron chi connectivity index (χ3n) is 7.23. The summed E-state index contributed by atoms with van der Waals surface area (Å²) >= 11 is 0. The molecule has 1 aliphatic heterocycles. The van der Waals surface area contributed by atoms with Gasteiger partial charge in [-0.1, -0.05) is 48.5 Å². The number of rotatable bonds is 3. The summed E-state index contributed by atoms with van der Waals surface area (Å²) < 4.78 is 5.07. The van der Waals surface area contributed by atoms with Crippen LogP contribution in [0, 0.1) is 11.8 Å². The Kier molecular flexibility index (Phi) is 3.99. The molecule has 0 N–H and O–H groups in total. The van der Waals surface area contributed by atoms with E-state index in [0.29, 0.717) is 11.4 Å². The van der Waals surface area contributed by atoms with Crippen LogP contribution >= 0.6 is 0 Å². The summed E-state index contributed by atoms with van der Waals surface area (Å²) in [6.45, 7) is 1.30. The minimum absolute atomic E-state index is 0.300. The minimum atomic E-state index is -1.22. The molecule has 0 spiro atoms. The van der Waals surface area contributed by atoms with Crippen molar-refractivity contribution in [1.82, 2.24) is 0 Å². The Bertz CT molecular complexity index is 1310. The molecule has 33 heavy (non-hydrogen) atoms. The number of imide groups is 1. The standard InChI is InChI=1S/C27H19NO5/c1-15(30)33-17-12-10-16(11-13-17)28-25(31)23-22-18-6-2-4-8-20(18)27(14-29,24(23)26(28)32)21-9-5-3-7-19(21)22/h2-14,22-24H,1H3/t22?,23-,24-,27?/m0/s1. The lowest BCUT2D eigenvalue weighted by Gasteiger charge is -2.51. The molecule has 2 bridgehead atoms. The molecule has 2 atom stereocenters. The molecule has 6 nitrogen and oxygen atoms in total. The quantitative estimate of drug-likeness (QED) is 0.272. The van der Waals surface area contributed by atoms with Gasteiger partial charge < -0.3 is 9.53 Å². The highest BCUT2D eigenvalue weighted by atomic mass is 16.5. The van der Waals surface area contributed by atoms with Crippen LogP contribution in [0.4, 0.5) is 5.69 Å². The smallest absolute Gasteiger partial charge is 0.308 e. The first-order valence-corrected chi connectivity index (χ1v) is 10.8. The number of hydrogen-bond donors (Lipinski definition) is 0. The van der Waals surface area contributed by atoms with E-state index >= 15 is 0 Å². The van der Waals surface area contributed by atoms with Gasteiger partial charge in [0.05, 0.1) is 22.9 Å². The van der Waals surface area contributed by atoms with Crippen LogP contribution in [0.15, 0.2) is 72.8 Å². The van der Waals surface area contributed by atoms with E-state index in [0.717, 1.165) is 28.5 Å². The van der Waals surface area contributed by atoms with E-state index in [-0.39, 0.29) is 17.7 Å². The van der Waals surface area contributed by atoms with Crippen molar-refractivity contribution in [3.63, 3.8) is 0 Å². The second kappa shape index (κ2) is 6.72. The molecule has 4 aliphatic rings. The highest BCUT2D eigenvalue weighted by Gasteiger charge is 2.68. The molecule has 0 aromatic heterocycles. The molecule has 0 unspecified atom stereocenters. The van der Waals surface area contributed by atoms with Gasteiger partial charge in [-0.25, -0.2) is 4.90 Å². The summed E-state index contributed by atoms with van der Waals surface area (Å²) in [6.07, 6.45) is 0.857. The monoisotopic (exact) mass is 437 g/mol. The fourth-order valence-electron chi connectivity index (χ4n) is 6.11. The number of carbonyl (C=O) groups is 4. The number of benzene rings is 3. The zero-order valence-electron chi connectivity index (χ0n) is 17.7. The Hall–Kier alpha value is -4.06. The zero-order chi connectivity index (χ0) is 22.9. The number of nitrogens with zero attached hydrogens (tertiary/aromatic N) is 1. The molecule has 3 aromatic rings. The Labute approximate surface area is 189 Å². The van der Waals surface area contributed by atoms with Gasteiger partial charge in [0.2, 0.25) is 11.8 Å². The lowest BCUT2D eigenvalue weighted by Crippen LogP contribution is -2.54. The normalized spacial score (nSPS) is 26.5. The molecule has 0 saturated carbocycles. The number of aldehydes is 1. The van der Waals surface area contributed by atoms with E-state index in [1.807, 2.05) is 48.5 Å². The summed E-state index contributed by atoms with van der Waals surface area (Å²) in [5, 5.41) is 0. The topological polar surface area (TPSA) is 80.8 Å². The van der Waals surface area contributed by atoms with Gasteiger partial charge in [0.25, 0.3) is 0 Å². The maximum atomic E-state index is 13.8.